The van der Waals surface area contributed by atoms with Crippen LogP contribution >= 0.6 is 15.9 Å². The molecular formula is C11H15BrN6O2S. The summed E-state index contributed by atoms with van der Waals surface area (Å²) in [6.07, 6.45) is 4.20. The first-order valence-corrected chi connectivity index (χ1v) is 8.48. The molecule has 0 aliphatic carbocycles. The fraction of sp³-hybridized carbons (Fsp3) is 0.364. The number of anilines is 1. The standard InChI is InChI=1S/C11H15BrN6O2S/c1-13-11-9(5-8(12)6-14-11)21(19,20)17-4-2-3-10-15-7-16-18-10/h5-7,17H,2-4H2,1H3,(H,13,14)(H,15,16,18). The second kappa shape index (κ2) is 6.96. The summed E-state index contributed by atoms with van der Waals surface area (Å²) in [5.74, 6) is 1.04. The number of nitrogens with zero attached hydrogens (tertiary/aromatic N) is 3. The van der Waals surface area contributed by atoms with Crippen LogP contribution in [-0.2, 0) is 16.4 Å². The van der Waals surface area contributed by atoms with Crippen molar-refractivity contribution in [3.63, 3.8) is 0 Å². The van der Waals surface area contributed by atoms with Crippen LogP contribution in [0.3, 0.4) is 0 Å². The second-order valence-corrected chi connectivity index (χ2v) is 6.83. The Morgan fingerprint density at radius 3 is 2.86 bits per heavy atom. The van der Waals surface area contributed by atoms with Gasteiger partial charge in [-0.25, -0.2) is 23.1 Å². The first-order chi connectivity index (χ1) is 10.0. The molecule has 3 N–H and O–H groups in total. The van der Waals surface area contributed by atoms with Gasteiger partial charge in [0.2, 0.25) is 10.0 Å². The van der Waals surface area contributed by atoms with Crippen LogP contribution in [0.5, 0.6) is 0 Å². The zero-order chi connectivity index (χ0) is 15.3. The number of aryl methyl sites for hydroxylation is 1. The van der Waals surface area contributed by atoms with Crippen LogP contribution in [0.1, 0.15) is 12.2 Å². The molecule has 0 fully saturated rings. The molecule has 0 atom stereocenters. The zero-order valence-electron chi connectivity index (χ0n) is 11.3. The van der Waals surface area contributed by atoms with Crippen LogP contribution in [0.4, 0.5) is 5.82 Å². The molecule has 0 aromatic carbocycles. The molecule has 0 aliphatic rings. The lowest BCUT2D eigenvalue weighted by Crippen LogP contribution is -2.26. The van der Waals surface area contributed by atoms with Crippen molar-refractivity contribution in [3.8, 4) is 0 Å². The molecule has 0 amide bonds. The summed E-state index contributed by atoms with van der Waals surface area (Å²) in [4.78, 5) is 8.12. The van der Waals surface area contributed by atoms with E-state index < -0.39 is 10.0 Å². The van der Waals surface area contributed by atoms with E-state index in [0.717, 1.165) is 5.82 Å². The van der Waals surface area contributed by atoms with Gasteiger partial charge in [-0.1, -0.05) is 0 Å². The minimum atomic E-state index is -3.62. The number of rotatable bonds is 7. The maximum atomic E-state index is 12.3. The Balaban J connectivity index is 1.99. The minimum Gasteiger partial charge on any atom is -0.372 e. The average molecular weight is 375 g/mol. The summed E-state index contributed by atoms with van der Waals surface area (Å²) in [6, 6.07) is 1.51. The summed E-state index contributed by atoms with van der Waals surface area (Å²) in [5.41, 5.74) is 0. The third-order valence-corrected chi connectivity index (χ3v) is 4.60. The lowest BCUT2D eigenvalue weighted by molar-refractivity contribution is 0.578. The molecule has 0 saturated carbocycles. The molecule has 0 spiro atoms. The number of sulfonamides is 1. The van der Waals surface area contributed by atoms with Crippen LogP contribution < -0.4 is 10.0 Å². The van der Waals surface area contributed by atoms with Crippen LogP contribution in [0, 0.1) is 0 Å². The van der Waals surface area contributed by atoms with Gasteiger partial charge in [0.15, 0.2) is 0 Å². The van der Waals surface area contributed by atoms with Gasteiger partial charge in [0.05, 0.1) is 0 Å². The summed E-state index contributed by atoms with van der Waals surface area (Å²) in [6.45, 7) is 0.304. The molecule has 114 valence electrons. The number of H-pyrrole nitrogens is 1. The van der Waals surface area contributed by atoms with E-state index in [1.165, 1.54) is 18.6 Å². The van der Waals surface area contributed by atoms with Crippen LogP contribution in [0.15, 0.2) is 28.0 Å². The van der Waals surface area contributed by atoms with Crippen molar-refractivity contribution in [1.82, 2.24) is 24.9 Å². The first kappa shape index (κ1) is 15.9. The van der Waals surface area contributed by atoms with Crippen LogP contribution in [-0.4, -0.2) is 42.2 Å². The van der Waals surface area contributed by atoms with Crippen molar-refractivity contribution < 1.29 is 8.42 Å². The predicted octanol–water partition coefficient (Wildman–Crippen LogP) is 0.915. The van der Waals surface area contributed by atoms with E-state index in [1.807, 2.05) is 0 Å². The molecule has 0 aliphatic heterocycles. The van der Waals surface area contributed by atoms with Gasteiger partial charge in [-0.15, -0.1) is 0 Å². The molecule has 0 radical (unpaired) electrons. The number of hydrogen-bond acceptors (Lipinski definition) is 6. The van der Waals surface area contributed by atoms with Crippen molar-refractivity contribution in [1.29, 1.82) is 0 Å². The first-order valence-electron chi connectivity index (χ1n) is 6.20. The average Bonchev–Trinajstić information content (AvgIpc) is 2.97. The molecule has 0 unspecified atom stereocenters. The fourth-order valence-electron chi connectivity index (χ4n) is 1.70. The van der Waals surface area contributed by atoms with E-state index in [-0.39, 0.29) is 4.90 Å². The number of aromatic amines is 1. The lowest BCUT2D eigenvalue weighted by Gasteiger charge is -2.10. The molecule has 2 heterocycles. The zero-order valence-corrected chi connectivity index (χ0v) is 13.7. The van der Waals surface area contributed by atoms with Crippen LogP contribution in [0.25, 0.3) is 0 Å². The Labute approximate surface area is 131 Å². The number of halogens is 1. The summed E-state index contributed by atoms with van der Waals surface area (Å²) in [7, 11) is -1.99. The Morgan fingerprint density at radius 1 is 1.38 bits per heavy atom. The predicted molar refractivity (Wildman–Crippen MR) is 81.4 cm³/mol. The normalized spacial score (nSPS) is 11.5. The van der Waals surface area contributed by atoms with Crippen molar-refractivity contribution in [2.24, 2.45) is 0 Å². The van der Waals surface area contributed by atoms with Crippen LogP contribution in [0.2, 0.25) is 0 Å². The van der Waals surface area contributed by atoms with Gasteiger partial charge >= 0.3 is 0 Å². The molecule has 21 heavy (non-hydrogen) atoms. The molecule has 2 aromatic heterocycles. The molecule has 0 bridgehead atoms. The lowest BCUT2D eigenvalue weighted by atomic mass is 10.3. The Bertz CT molecular complexity index is 689. The quantitative estimate of drug-likeness (QED) is 0.621. The third kappa shape index (κ3) is 4.22. The number of hydrogen-bond donors (Lipinski definition) is 3. The van der Waals surface area contributed by atoms with Gasteiger partial charge in [0, 0.05) is 30.7 Å². The van der Waals surface area contributed by atoms with E-state index >= 15 is 0 Å². The molecule has 2 rings (SSSR count). The van der Waals surface area contributed by atoms with Crippen molar-refractivity contribution >= 4 is 31.8 Å². The van der Waals surface area contributed by atoms with E-state index in [4.69, 9.17) is 0 Å². The topological polar surface area (TPSA) is 113 Å². The highest BCUT2D eigenvalue weighted by molar-refractivity contribution is 9.10. The molecule has 10 heteroatoms. The van der Waals surface area contributed by atoms with Gasteiger partial charge in [0.25, 0.3) is 0 Å². The SMILES string of the molecule is CNc1ncc(Br)cc1S(=O)(=O)NCCCc1ncn[nH]1. The number of pyridine rings is 1. The van der Waals surface area contributed by atoms with Gasteiger partial charge in [-0.05, 0) is 28.4 Å². The van der Waals surface area contributed by atoms with Gasteiger partial charge < -0.3 is 5.32 Å². The summed E-state index contributed by atoms with van der Waals surface area (Å²) in [5, 5.41) is 9.23. The summed E-state index contributed by atoms with van der Waals surface area (Å²) >= 11 is 3.22. The molecule has 0 saturated heterocycles. The minimum absolute atomic E-state index is 0.110. The Kier molecular flexibility index (Phi) is 5.26. The van der Waals surface area contributed by atoms with E-state index in [0.29, 0.717) is 29.7 Å². The maximum absolute atomic E-state index is 12.3. The number of aromatic nitrogens is 4. The number of nitrogens with one attached hydrogen (secondary N) is 3. The molecular weight excluding hydrogens is 360 g/mol. The van der Waals surface area contributed by atoms with E-state index in [2.05, 4.69) is 46.1 Å². The van der Waals surface area contributed by atoms with Crippen molar-refractivity contribution in [2.45, 2.75) is 17.7 Å². The van der Waals surface area contributed by atoms with Crippen molar-refractivity contribution in [2.75, 3.05) is 18.9 Å². The van der Waals surface area contributed by atoms with E-state index in [1.54, 1.807) is 7.05 Å². The third-order valence-electron chi connectivity index (χ3n) is 2.69. The van der Waals surface area contributed by atoms with Gasteiger partial charge in [-0.3, -0.25) is 5.10 Å². The fourth-order valence-corrected chi connectivity index (χ4v) is 3.45. The highest BCUT2D eigenvalue weighted by atomic mass is 79.9. The van der Waals surface area contributed by atoms with E-state index in [9.17, 15) is 8.42 Å². The van der Waals surface area contributed by atoms with Crippen molar-refractivity contribution in [3.05, 3.63) is 28.9 Å². The van der Waals surface area contributed by atoms with Gasteiger partial charge in [0.1, 0.15) is 22.9 Å². The molecule has 8 nitrogen and oxygen atoms in total. The largest absolute Gasteiger partial charge is 0.372 e. The Morgan fingerprint density at radius 2 is 2.19 bits per heavy atom. The second-order valence-electron chi connectivity index (χ2n) is 4.18. The molecule has 2 aromatic rings. The highest BCUT2D eigenvalue weighted by Crippen LogP contribution is 2.22. The smallest absolute Gasteiger partial charge is 0.244 e. The maximum Gasteiger partial charge on any atom is 0.244 e. The van der Waals surface area contributed by atoms with Gasteiger partial charge in [-0.2, -0.15) is 5.10 Å². The highest BCUT2D eigenvalue weighted by Gasteiger charge is 2.19. The monoisotopic (exact) mass is 374 g/mol. The summed E-state index contributed by atoms with van der Waals surface area (Å²) < 4.78 is 27.7. The Hall–Kier alpha value is -1.52.